The van der Waals surface area contributed by atoms with Gasteiger partial charge in [-0.3, -0.25) is 4.79 Å². The van der Waals surface area contributed by atoms with E-state index in [4.69, 9.17) is 4.74 Å². The fraction of sp³-hybridized carbons (Fsp3) is 0.882. The average Bonchev–Trinajstić information content (AvgIpc) is 3.00. The molecule has 1 aliphatic rings. The summed E-state index contributed by atoms with van der Waals surface area (Å²) in [6.07, 6.45) is 8.44. The summed E-state index contributed by atoms with van der Waals surface area (Å²) in [4.78, 5) is 26.0. The van der Waals surface area contributed by atoms with Gasteiger partial charge in [0.15, 0.2) is 0 Å². The van der Waals surface area contributed by atoms with Gasteiger partial charge in [0.1, 0.15) is 6.04 Å². The maximum absolute atomic E-state index is 12.2. The Bertz CT molecular complexity index is 333. The fourth-order valence-electron chi connectivity index (χ4n) is 2.81. The van der Waals surface area contributed by atoms with E-state index in [1.165, 1.54) is 0 Å². The van der Waals surface area contributed by atoms with Gasteiger partial charge in [0.05, 0.1) is 13.2 Å². The normalized spacial score (nSPS) is 17.7. The Morgan fingerprint density at radius 3 is 2.59 bits per heavy atom. The highest BCUT2D eigenvalue weighted by molar-refractivity contribution is 5.85. The first-order valence-corrected chi connectivity index (χ1v) is 8.75. The minimum Gasteiger partial charge on any atom is -0.464 e. The van der Waals surface area contributed by atoms with Crippen molar-refractivity contribution in [3.05, 3.63) is 0 Å². The number of hydrogen-bond donors (Lipinski definition) is 0. The molecule has 1 saturated heterocycles. The lowest BCUT2D eigenvalue weighted by molar-refractivity contribution is -0.153. The van der Waals surface area contributed by atoms with Crippen molar-refractivity contribution in [3.63, 3.8) is 0 Å². The molecule has 22 heavy (non-hydrogen) atoms. The van der Waals surface area contributed by atoms with Crippen LogP contribution in [0, 0.1) is 0 Å². The molecule has 5 heteroatoms. The average molecular weight is 312 g/mol. The van der Waals surface area contributed by atoms with Crippen molar-refractivity contribution in [2.45, 2.75) is 77.2 Å². The van der Waals surface area contributed by atoms with Gasteiger partial charge < -0.3 is 9.64 Å². The third-order valence-corrected chi connectivity index (χ3v) is 4.12. The maximum atomic E-state index is 12.2. The molecule has 1 amide bonds. The number of ether oxygens (including phenoxy) is 1. The molecule has 1 heterocycles. The predicted octanol–water partition coefficient (Wildman–Crippen LogP) is 3.09. The molecule has 1 rings (SSSR count). The number of carbonyl (C=O) groups is 2. The monoisotopic (exact) mass is 312 g/mol. The van der Waals surface area contributed by atoms with Crippen molar-refractivity contribution in [3.8, 4) is 0 Å². The van der Waals surface area contributed by atoms with Gasteiger partial charge in [-0.05, 0) is 32.1 Å². The van der Waals surface area contributed by atoms with Crippen LogP contribution in [-0.2, 0) is 19.4 Å². The second-order valence-corrected chi connectivity index (χ2v) is 5.99. The number of likely N-dealkylation sites (tertiary alicyclic amines) is 1. The van der Waals surface area contributed by atoms with E-state index in [1.54, 1.807) is 4.90 Å². The molecule has 0 aromatic heterocycles. The lowest BCUT2D eigenvalue weighted by Crippen LogP contribution is -2.41. The van der Waals surface area contributed by atoms with Gasteiger partial charge in [-0.1, -0.05) is 32.6 Å². The van der Waals surface area contributed by atoms with Crippen molar-refractivity contribution in [2.75, 3.05) is 19.8 Å². The van der Waals surface area contributed by atoms with Crippen LogP contribution in [0.4, 0.5) is 0 Å². The Balaban J connectivity index is 2.28. The molecule has 0 aromatic rings. The quantitative estimate of drug-likeness (QED) is 0.435. The fourth-order valence-corrected chi connectivity index (χ4v) is 2.81. The van der Waals surface area contributed by atoms with Gasteiger partial charge in [-0.15, -0.1) is 0 Å². The highest BCUT2D eigenvalue weighted by atomic mass is 16.5. The van der Waals surface area contributed by atoms with E-state index in [2.05, 4.69) is 6.92 Å². The van der Waals surface area contributed by atoms with Crippen LogP contribution in [-0.4, -0.2) is 42.6 Å². The van der Waals surface area contributed by atoms with Crippen LogP contribution in [0.25, 0.3) is 0 Å². The van der Waals surface area contributed by atoms with Gasteiger partial charge in [-0.25, -0.2) is 9.90 Å². The van der Waals surface area contributed by atoms with Crippen LogP contribution in [0.1, 0.15) is 71.1 Å². The Labute approximate surface area is 134 Å². The molecule has 0 spiro atoms. The topological polar surface area (TPSA) is 66.5 Å². The van der Waals surface area contributed by atoms with Gasteiger partial charge in [-0.2, -0.15) is 0 Å². The number of hydrogen-bond acceptors (Lipinski definition) is 3. The molecule has 0 saturated carbocycles. The molecule has 0 aliphatic carbocycles. The zero-order valence-electron chi connectivity index (χ0n) is 13.8. The van der Waals surface area contributed by atoms with E-state index in [9.17, 15) is 14.7 Å². The first kappa shape index (κ1) is 18.9. The lowest BCUT2D eigenvalue weighted by Gasteiger charge is -2.23. The van der Waals surface area contributed by atoms with E-state index >= 15 is 0 Å². The van der Waals surface area contributed by atoms with Crippen molar-refractivity contribution in [1.82, 2.24) is 4.90 Å². The Morgan fingerprint density at radius 2 is 1.86 bits per heavy atom. The summed E-state index contributed by atoms with van der Waals surface area (Å²) in [6.45, 7) is 3.17. The number of esters is 1. The Kier molecular flexibility index (Phi) is 9.87. The molecule has 1 aliphatic heterocycles. The molecular formula is C17H30NO4. The second-order valence-electron chi connectivity index (χ2n) is 5.99. The van der Waals surface area contributed by atoms with Gasteiger partial charge in [0.25, 0.3) is 0 Å². The van der Waals surface area contributed by atoms with Crippen molar-refractivity contribution < 1.29 is 19.4 Å². The smallest absolute Gasteiger partial charge is 0.328 e. The van der Waals surface area contributed by atoms with Crippen molar-refractivity contribution in [1.29, 1.82) is 0 Å². The number of amides is 1. The number of carbonyl (C=O) groups excluding carboxylic acids is 2. The van der Waals surface area contributed by atoms with E-state index in [0.717, 1.165) is 44.9 Å². The minimum atomic E-state index is -0.391. The third kappa shape index (κ3) is 6.77. The summed E-state index contributed by atoms with van der Waals surface area (Å²) in [5.41, 5.74) is 0. The van der Waals surface area contributed by atoms with Gasteiger partial charge in [0, 0.05) is 13.0 Å². The third-order valence-electron chi connectivity index (χ3n) is 4.12. The lowest BCUT2D eigenvalue weighted by atomic mass is 10.1. The molecule has 127 valence electrons. The molecule has 1 fully saturated rings. The van der Waals surface area contributed by atoms with Crippen LogP contribution in [0.15, 0.2) is 0 Å². The zero-order valence-corrected chi connectivity index (χ0v) is 13.8. The predicted molar refractivity (Wildman–Crippen MR) is 83.9 cm³/mol. The van der Waals surface area contributed by atoms with Crippen molar-refractivity contribution >= 4 is 11.9 Å². The molecule has 0 N–H and O–H groups in total. The Hall–Kier alpha value is -1.10. The molecular weight excluding hydrogens is 282 g/mol. The van der Waals surface area contributed by atoms with Crippen LogP contribution in [0.3, 0.4) is 0 Å². The molecule has 0 bridgehead atoms. The van der Waals surface area contributed by atoms with Crippen LogP contribution < -0.4 is 0 Å². The van der Waals surface area contributed by atoms with E-state index in [-0.39, 0.29) is 18.5 Å². The largest absolute Gasteiger partial charge is 0.464 e. The summed E-state index contributed by atoms with van der Waals surface area (Å²) >= 11 is 0. The summed E-state index contributed by atoms with van der Waals surface area (Å²) in [5, 5.41) is 10.4. The standard InChI is InChI=1S/C17H30NO4/c1-2-3-4-8-14-22-17(21)15-10-9-12-18(15)16(20)11-6-5-7-13-19/h15H,2-14H2,1H3. The van der Waals surface area contributed by atoms with Gasteiger partial charge in [0.2, 0.25) is 5.91 Å². The van der Waals surface area contributed by atoms with E-state index < -0.39 is 6.04 Å². The molecule has 5 nitrogen and oxygen atoms in total. The summed E-state index contributed by atoms with van der Waals surface area (Å²) in [5.74, 6) is -0.224. The highest BCUT2D eigenvalue weighted by Gasteiger charge is 2.34. The molecule has 1 radical (unpaired) electrons. The Morgan fingerprint density at radius 1 is 1.09 bits per heavy atom. The minimum absolute atomic E-state index is 0.0244. The number of nitrogens with zero attached hydrogens (tertiary/aromatic N) is 1. The van der Waals surface area contributed by atoms with E-state index in [0.29, 0.717) is 32.4 Å². The summed E-state index contributed by atoms with van der Waals surface area (Å²) < 4.78 is 5.32. The van der Waals surface area contributed by atoms with Gasteiger partial charge >= 0.3 is 5.97 Å². The van der Waals surface area contributed by atoms with Crippen LogP contribution in [0.5, 0.6) is 0 Å². The summed E-state index contributed by atoms with van der Waals surface area (Å²) in [6, 6.07) is -0.391. The highest BCUT2D eigenvalue weighted by Crippen LogP contribution is 2.20. The van der Waals surface area contributed by atoms with Crippen molar-refractivity contribution in [2.24, 2.45) is 0 Å². The SMILES string of the molecule is CCCCCCOC(=O)C1CCCN1C(=O)CCCCC[O]. The molecule has 1 unspecified atom stereocenters. The zero-order chi connectivity index (χ0) is 16.2. The molecule has 1 atom stereocenters. The summed E-state index contributed by atoms with van der Waals surface area (Å²) in [7, 11) is 0. The maximum Gasteiger partial charge on any atom is 0.328 e. The number of rotatable bonds is 11. The van der Waals surface area contributed by atoms with Crippen LogP contribution in [0.2, 0.25) is 0 Å². The second kappa shape index (κ2) is 11.5. The van der Waals surface area contributed by atoms with Crippen LogP contribution >= 0.6 is 0 Å². The number of unbranched alkanes of at least 4 members (excludes halogenated alkanes) is 5. The first-order valence-electron chi connectivity index (χ1n) is 8.75. The van der Waals surface area contributed by atoms with E-state index in [1.807, 2.05) is 0 Å². The first-order chi connectivity index (χ1) is 10.7. The molecule has 0 aromatic carbocycles.